The number of carboxylic acids is 1. The molecule has 126 valence electrons. The quantitative estimate of drug-likeness (QED) is 0.808. The molecule has 2 rings (SSSR count). The van der Waals surface area contributed by atoms with E-state index in [0.29, 0.717) is 25.1 Å². The summed E-state index contributed by atoms with van der Waals surface area (Å²) in [6.07, 6.45) is 0.508. The molecule has 0 fully saturated rings. The molecule has 5 heteroatoms. The minimum absolute atomic E-state index is 0.0629. The Morgan fingerprint density at radius 3 is 2.33 bits per heavy atom. The smallest absolute Gasteiger partial charge is 0.303 e. The molecular weight excluding hydrogens is 306 g/mol. The Morgan fingerprint density at radius 2 is 1.71 bits per heavy atom. The third-order valence-electron chi connectivity index (χ3n) is 3.58. The number of carbonyl (C=O) groups is 2. The van der Waals surface area contributed by atoms with E-state index in [1.165, 1.54) is 0 Å². The van der Waals surface area contributed by atoms with Crippen molar-refractivity contribution in [3.63, 3.8) is 0 Å². The van der Waals surface area contributed by atoms with Crippen molar-refractivity contribution in [2.45, 2.75) is 19.4 Å². The Balaban J connectivity index is 1.86. The van der Waals surface area contributed by atoms with Crippen LogP contribution in [-0.2, 0) is 11.4 Å². The van der Waals surface area contributed by atoms with E-state index in [1.54, 1.807) is 24.1 Å². The second kappa shape index (κ2) is 8.72. The predicted octanol–water partition coefficient (Wildman–Crippen LogP) is 3.20. The van der Waals surface area contributed by atoms with E-state index < -0.39 is 5.97 Å². The van der Waals surface area contributed by atoms with Gasteiger partial charge in [-0.15, -0.1) is 0 Å². The molecule has 0 aromatic heterocycles. The standard InChI is InChI=1S/C19H21NO4/c1-20(13-5-8-18(21)22)19(23)16-11-9-15(10-12-16)14-24-17-6-3-2-4-7-17/h2-4,6-7,9-12H,5,8,13-14H2,1H3,(H,21,22). The first-order chi connectivity index (χ1) is 11.6. The van der Waals surface area contributed by atoms with Crippen molar-refractivity contribution in [2.24, 2.45) is 0 Å². The molecule has 0 aliphatic rings. The zero-order valence-corrected chi connectivity index (χ0v) is 13.6. The van der Waals surface area contributed by atoms with Gasteiger partial charge in [0.25, 0.3) is 5.91 Å². The lowest BCUT2D eigenvalue weighted by Gasteiger charge is -2.17. The normalized spacial score (nSPS) is 10.2. The third kappa shape index (κ3) is 5.43. The van der Waals surface area contributed by atoms with Gasteiger partial charge in [-0.2, -0.15) is 0 Å². The molecule has 0 bridgehead atoms. The summed E-state index contributed by atoms with van der Waals surface area (Å²) in [4.78, 5) is 24.3. The van der Waals surface area contributed by atoms with E-state index in [9.17, 15) is 9.59 Å². The van der Waals surface area contributed by atoms with Crippen LogP contribution in [0.1, 0.15) is 28.8 Å². The molecule has 0 aliphatic heterocycles. The van der Waals surface area contributed by atoms with Gasteiger partial charge in [-0.1, -0.05) is 30.3 Å². The largest absolute Gasteiger partial charge is 0.489 e. The molecule has 1 N–H and O–H groups in total. The highest BCUT2D eigenvalue weighted by Gasteiger charge is 2.11. The van der Waals surface area contributed by atoms with Crippen LogP contribution in [0.2, 0.25) is 0 Å². The summed E-state index contributed by atoms with van der Waals surface area (Å²) in [5.41, 5.74) is 1.56. The Kier molecular flexibility index (Phi) is 6.37. The number of aliphatic carboxylic acids is 1. The Bertz CT molecular complexity index is 668. The van der Waals surface area contributed by atoms with Gasteiger partial charge in [0.15, 0.2) is 0 Å². The molecule has 2 aromatic carbocycles. The second-order valence-electron chi connectivity index (χ2n) is 5.52. The van der Waals surface area contributed by atoms with Gasteiger partial charge in [0.1, 0.15) is 12.4 Å². The van der Waals surface area contributed by atoms with Crippen LogP contribution in [-0.4, -0.2) is 35.5 Å². The highest BCUT2D eigenvalue weighted by Crippen LogP contribution is 2.13. The predicted molar refractivity (Wildman–Crippen MR) is 91.0 cm³/mol. The Hall–Kier alpha value is -2.82. The topological polar surface area (TPSA) is 66.8 Å². The molecule has 0 aliphatic carbocycles. The van der Waals surface area contributed by atoms with E-state index in [-0.39, 0.29) is 12.3 Å². The summed E-state index contributed by atoms with van der Waals surface area (Å²) in [5, 5.41) is 8.63. The second-order valence-corrected chi connectivity index (χ2v) is 5.52. The highest BCUT2D eigenvalue weighted by atomic mass is 16.5. The van der Waals surface area contributed by atoms with Crippen molar-refractivity contribution in [2.75, 3.05) is 13.6 Å². The summed E-state index contributed by atoms with van der Waals surface area (Å²) in [6, 6.07) is 16.8. The van der Waals surface area contributed by atoms with Crippen LogP contribution >= 0.6 is 0 Å². The lowest BCUT2D eigenvalue weighted by atomic mass is 10.1. The first kappa shape index (κ1) is 17.5. The maximum absolute atomic E-state index is 12.3. The number of hydrogen-bond acceptors (Lipinski definition) is 3. The van der Waals surface area contributed by atoms with Crippen LogP contribution in [0.25, 0.3) is 0 Å². The van der Waals surface area contributed by atoms with Crippen LogP contribution in [0, 0.1) is 0 Å². The summed E-state index contributed by atoms with van der Waals surface area (Å²) in [7, 11) is 1.68. The van der Waals surface area contributed by atoms with Gasteiger partial charge in [0.2, 0.25) is 0 Å². The molecule has 0 heterocycles. The summed E-state index contributed by atoms with van der Waals surface area (Å²) >= 11 is 0. The minimum atomic E-state index is -0.849. The number of rotatable bonds is 8. The first-order valence-corrected chi connectivity index (χ1v) is 7.80. The average molecular weight is 327 g/mol. The number of ether oxygens (including phenoxy) is 1. The molecule has 0 unspecified atom stereocenters. The number of carboxylic acid groups (broad SMARTS) is 1. The number of nitrogens with zero attached hydrogens (tertiary/aromatic N) is 1. The molecule has 0 saturated carbocycles. The maximum atomic E-state index is 12.3. The van der Waals surface area contributed by atoms with Gasteiger partial charge in [0.05, 0.1) is 0 Å². The summed E-state index contributed by atoms with van der Waals surface area (Å²) < 4.78 is 5.66. The molecule has 5 nitrogen and oxygen atoms in total. The van der Waals surface area contributed by atoms with Crippen LogP contribution in [0.4, 0.5) is 0 Å². The van der Waals surface area contributed by atoms with Gasteiger partial charge in [-0.05, 0) is 36.2 Å². The fraction of sp³-hybridized carbons (Fsp3) is 0.263. The maximum Gasteiger partial charge on any atom is 0.303 e. The van der Waals surface area contributed by atoms with Gasteiger partial charge >= 0.3 is 5.97 Å². The number of benzene rings is 2. The molecule has 0 spiro atoms. The lowest BCUT2D eigenvalue weighted by Crippen LogP contribution is -2.28. The van der Waals surface area contributed by atoms with Crippen molar-refractivity contribution in [1.82, 2.24) is 4.90 Å². The minimum Gasteiger partial charge on any atom is -0.489 e. The molecule has 0 saturated heterocycles. The highest BCUT2D eigenvalue weighted by molar-refractivity contribution is 5.94. The third-order valence-corrected chi connectivity index (χ3v) is 3.58. The van der Waals surface area contributed by atoms with E-state index in [1.807, 2.05) is 42.5 Å². The van der Waals surface area contributed by atoms with Gasteiger partial charge in [-0.3, -0.25) is 9.59 Å². The van der Waals surface area contributed by atoms with Crippen molar-refractivity contribution in [1.29, 1.82) is 0 Å². The fourth-order valence-corrected chi connectivity index (χ4v) is 2.22. The molecular formula is C19H21NO4. The van der Waals surface area contributed by atoms with Crippen molar-refractivity contribution in [3.8, 4) is 5.75 Å². The van der Waals surface area contributed by atoms with Gasteiger partial charge in [0, 0.05) is 25.6 Å². The van der Waals surface area contributed by atoms with E-state index in [0.717, 1.165) is 11.3 Å². The molecule has 0 radical (unpaired) electrons. The number of para-hydroxylation sites is 1. The van der Waals surface area contributed by atoms with Gasteiger partial charge in [-0.25, -0.2) is 0 Å². The average Bonchev–Trinajstić information content (AvgIpc) is 2.60. The zero-order chi connectivity index (χ0) is 17.4. The van der Waals surface area contributed by atoms with Crippen LogP contribution < -0.4 is 4.74 Å². The number of hydrogen-bond donors (Lipinski definition) is 1. The number of carbonyl (C=O) groups excluding carboxylic acids is 1. The lowest BCUT2D eigenvalue weighted by molar-refractivity contribution is -0.137. The summed E-state index contributed by atoms with van der Waals surface area (Å²) in [5.74, 6) is -0.162. The SMILES string of the molecule is CN(CCCC(=O)O)C(=O)c1ccc(COc2ccccc2)cc1. The van der Waals surface area contributed by atoms with Crippen LogP contribution in [0.15, 0.2) is 54.6 Å². The van der Waals surface area contributed by atoms with Crippen molar-refractivity contribution in [3.05, 3.63) is 65.7 Å². The first-order valence-electron chi connectivity index (χ1n) is 7.80. The van der Waals surface area contributed by atoms with E-state index >= 15 is 0 Å². The van der Waals surface area contributed by atoms with E-state index in [2.05, 4.69) is 0 Å². The van der Waals surface area contributed by atoms with Crippen LogP contribution in [0.3, 0.4) is 0 Å². The molecule has 2 aromatic rings. The van der Waals surface area contributed by atoms with Crippen molar-refractivity contribution >= 4 is 11.9 Å². The van der Waals surface area contributed by atoms with Crippen LogP contribution in [0.5, 0.6) is 5.75 Å². The molecule has 1 amide bonds. The summed E-state index contributed by atoms with van der Waals surface area (Å²) in [6.45, 7) is 0.858. The Morgan fingerprint density at radius 1 is 1.04 bits per heavy atom. The van der Waals surface area contributed by atoms with E-state index in [4.69, 9.17) is 9.84 Å². The molecule has 24 heavy (non-hydrogen) atoms. The zero-order valence-electron chi connectivity index (χ0n) is 13.6. The van der Waals surface area contributed by atoms with Crippen molar-refractivity contribution < 1.29 is 19.4 Å². The molecule has 0 atom stereocenters. The Labute approximate surface area is 141 Å². The monoisotopic (exact) mass is 327 g/mol. The van der Waals surface area contributed by atoms with Gasteiger partial charge < -0.3 is 14.7 Å². The fourth-order valence-electron chi connectivity index (χ4n) is 2.22. The number of amides is 1.